The summed E-state index contributed by atoms with van der Waals surface area (Å²) in [6, 6.07) is 6.18. The van der Waals surface area contributed by atoms with Crippen LogP contribution in [0.3, 0.4) is 0 Å². The summed E-state index contributed by atoms with van der Waals surface area (Å²) in [4.78, 5) is 20.0. The first-order valence-electron chi connectivity index (χ1n) is 8.34. The topological polar surface area (TPSA) is 76.2 Å². The Morgan fingerprint density at radius 3 is 2.84 bits per heavy atom. The minimum absolute atomic E-state index is 0.287. The summed E-state index contributed by atoms with van der Waals surface area (Å²) in [5, 5.41) is 9.97. The minimum atomic E-state index is -0.932. The van der Waals surface area contributed by atoms with E-state index in [0.29, 0.717) is 10.7 Å². The van der Waals surface area contributed by atoms with Gasteiger partial charge in [0.05, 0.1) is 11.9 Å². The number of aromatic nitrogens is 2. The molecule has 0 bridgehead atoms. The van der Waals surface area contributed by atoms with Gasteiger partial charge in [-0.1, -0.05) is 31.4 Å². The van der Waals surface area contributed by atoms with Crippen LogP contribution in [0, 0.1) is 12.8 Å². The standard InChI is InChI=1S/C19H18N2O3S/c1-11-17(19(22)23)25-18(21-11)14-6-5-13(7-12-3-2-4-12)15(8-14)16-9-20-10-24-16/h5-6,8-10,12H,2-4,7H2,1H3,(H,22,23). The van der Waals surface area contributed by atoms with Crippen molar-refractivity contribution in [3.05, 3.63) is 46.9 Å². The van der Waals surface area contributed by atoms with Gasteiger partial charge in [0.25, 0.3) is 0 Å². The van der Waals surface area contributed by atoms with Crippen LogP contribution in [0.4, 0.5) is 0 Å². The van der Waals surface area contributed by atoms with Gasteiger partial charge in [0.15, 0.2) is 12.2 Å². The Morgan fingerprint density at radius 2 is 2.24 bits per heavy atom. The van der Waals surface area contributed by atoms with Crippen LogP contribution in [0.15, 0.2) is 35.2 Å². The van der Waals surface area contributed by atoms with Crippen molar-refractivity contribution in [2.24, 2.45) is 5.92 Å². The van der Waals surface area contributed by atoms with E-state index in [-0.39, 0.29) is 4.88 Å². The molecule has 2 aromatic heterocycles. The van der Waals surface area contributed by atoms with E-state index in [1.807, 2.05) is 12.1 Å². The highest BCUT2D eigenvalue weighted by Gasteiger charge is 2.21. The number of hydrogen-bond donors (Lipinski definition) is 1. The fourth-order valence-corrected chi connectivity index (χ4v) is 4.09. The normalized spacial score (nSPS) is 14.4. The van der Waals surface area contributed by atoms with E-state index in [4.69, 9.17) is 4.42 Å². The maximum absolute atomic E-state index is 11.3. The first-order chi connectivity index (χ1) is 12.1. The van der Waals surface area contributed by atoms with Crippen LogP contribution < -0.4 is 0 Å². The molecule has 0 amide bonds. The molecule has 1 aromatic carbocycles. The SMILES string of the molecule is Cc1nc(-c2ccc(CC3CCC3)c(-c3cnco3)c2)sc1C(=O)O. The second kappa shape index (κ2) is 6.44. The van der Waals surface area contributed by atoms with Gasteiger partial charge in [0.2, 0.25) is 0 Å². The van der Waals surface area contributed by atoms with Crippen LogP contribution >= 0.6 is 11.3 Å². The molecular weight excluding hydrogens is 336 g/mol. The van der Waals surface area contributed by atoms with Crippen molar-refractivity contribution in [3.8, 4) is 21.9 Å². The molecule has 1 N–H and O–H groups in total. The Bertz CT molecular complexity index is 911. The van der Waals surface area contributed by atoms with Gasteiger partial charge in [-0.25, -0.2) is 14.8 Å². The van der Waals surface area contributed by atoms with Crippen LogP contribution in [0.1, 0.15) is 40.2 Å². The number of aromatic carboxylic acids is 1. The van der Waals surface area contributed by atoms with Crippen molar-refractivity contribution in [2.75, 3.05) is 0 Å². The Kier molecular flexibility index (Phi) is 4.13. The molecule has 25 heavy (non-hydrogen) atoms. The van der Waals surface area contributed by atoms with Crippen LogP contribution in [-0.4, -0.2) is 21.0 Å². The summed E-state index contributed by atoms with van der Waals surface area (Å²) >= 11 is 1.21. The molecule has 1 aliphatic rings. The van der Waals surface area contributed by atoms with Crippen molar-refractivity contribution in [2.45, 2.75) is 32.6 Å². The zero-order chi connectivity index (χ0) is 17.4. The lowest BCUT2D eigenvalue weighted by atomic mass is 9.80. The zero-order valence-corrected chi connectivity index (χ0v) is 14.7. The lowest BCUT2D eigenvalue weighted by molar-refractivity contribution is 0.0701. The van der Waals surface area contributed by atoms with E-state index >= 15 is 0 Å². The second-order valence-electron chi connectivity index (χ2n) is 6.48. The molecule has 1 saturated carbocycles. The van der Waals surface area contributed by atoms with E-state index < -0.39 is 5.97 Å². The van der Waals surface area contributed by atoms with Crippen LogP contribution in [0.2, 0.25) is 0 Å². The number of nitrogens with zero attached hydrogens (tertiary/aromatic N) is 2. The molecule has 1 aliphatic carbocycles. The molecule has 0 unspecified atom stereocenters. The minimum Gasteiger partial charge on any atom is -0.477 e. The summed E-state index contributed by atoms with van der Waals surface area (Å²) in [7, 11) is 0. The lowest BCUT2D eigenvalue weighted by Gasteiger charge is -2.26. The molecule has 1 fully saturated rings. The summed E-state index contributed by atoms with van der Waals surface area (Å²) in [5.41, 5.74) is 3.72. The molecule has 0 spiro atoms. The Labute approximate surface area is 149 Å². The average Bonchev–Trinajstić information content (AvgIpc) is 3.20. The highest BCUT2D eigenvalue weighted by Crippen LogP contribution is 2.36. The number of oxazole rings is 1. The number of carboxylic acid groups (broad SMARTS) is 1. The number of carboxylic acids is 1. The Balaban J connectivity index is 1.75. The fraction of sp³-hybridized carbons (Fsp3) is 0.316. The van der Waals surface area contributed by atoms with Gasteiger partial charge in [-0.05, 0) is 30.9 Å². The smallest absolute Gasteiger partial charge is 0.347 e. The van der Waals surface area contributed by atoms with Gasteiger partial charge in [-0.2, -0.15) is 0 Å². The second-order valence-corrected chi connectivity index (χ2v) is 7.48. The summed E-state index contributed by atoms with van der Waals surface area (Å²) < 4.78 is 5.53. The zero-order valence-electron chi connectivity index (χ0n) is 13.9. The third-order valence-electron chi connectivity index (χ3n) is 4.78. The highest BCUT2D eigenvalue weighted by molar-refractivity contribution is 7.17. The fourth-order valence-electron chi connectivity index (χ4n) is 3.19. The molecule has 0 atom stereocenters. The van der Waals surface area contributed by atoms with Crippen molar-refractivity contribution >= 4 is 17.3 Å². The molecule has 0 radical (unpaired) electrons. The van der Waals surface area contributed by atoms with E-state index in [1.165, 1.54) is 42.6 Å². The predicted octanol–water partition coefficient (Wildman–Crippen LogP) is 4.81. The third kappa shape index (κ3) is 3.09. The summed E-state index contributed by atoms with van der Waals surface area (Å²) in [5.74, 6) is 0.550. The van der Waals surface area contributed by atoms with Crippen LogP contribution in [0.25, 0.3) is 21.9 Å². The molecule has 3 aromatic rings. The van der Waals surface area contributed by atoms with Gasteiger partial charge < -0.3 is 9.52 Å². The average molecular weight is 354 g/mol. The monoisotopic (exact) mass is 354 g/mol. The third-order valence-corrected chi connectivity index (χ3v) is 5.97. The van der Waals surface area contributed by atoms with Crippen LogP contribution in [0.5, 0.6) is 0 Å². The number of aryl methyl sites for hydroxylation is 1. The Hall–Kier alpha value is -2.47. The number of carbonyl (C=O) groups is 1. The van der Waals surface area contributed by atoms with E-state index in [1.54, 1.807) is 13.1 Å². The van der Waals surface area contributed by atoms with E-state index in [9.17, 15) is 9.90 Å². The molecule has 6 heteroatoms. The van der Waals surface area contributed by atoms with Gasteiger partial charge in [0, 0.05) is 11.1 Å². The molecule has 128 valence electrons. The van der Waals surface area contributed by atoms with E-state index in [0.717, 1.165) is 29.2 Å². The number of benzene rings is 1. The molecule has 4 rings (SSSR count). The number of thiazole rings is 1. The largest absolute Gasteiger partial charge is 0.477 e. The number of rotatable bonds is 5. The highest BCUT2D eigenvalue weighted by atomic mass is 32.1. The Morgan fingerprint density at radius 1 is 1.40 bits per heavy atom. The maximum Gasteiger partial charge on any atom is 0.347 e. The van der Waals surface area contributed by atoms with E-state index in [2.05, 4.69) is 16.0 Å². The first kappa shape index (κ1) is 16.0. The van der Waals surface area contributed by atoms with Crippen molar-refractivity contribution in [1.29, 1.82) is 0 Å². The molecule has 0 aliphatic heterocycles. The van der Waals surface area contributed by atoms with Gasteiger partial charge in [-0.15, -0.1) is 11.3 Å². The summed E-state index contributed by atoms with van der Waals surface area (Å²) in [6.45, 7) is 1.73. The lowest BCUT2D eigenvalue weighted by Crippen LogP contribution is -2.14. The van der Waals surface area contributed by atoms with Gasteiger partial charge in [-0.3, -0.25) is 0 Å². The molecular formula is C19H18N2O3S. The first-order valence-corrected chi connectivity index (χ1v) is 9.16. The molecule has 2 heterocycles. The van der Waals surface area contributed by atoms with Crippen LogP contribution in [-0.2, 0) is 6.42 Å². The van der Waals surface area contributed by atoms with Crippen molar-refractivity contribution in [1.82, 2.24) is 9.97 Å². The predicted molar refractivity (Wildman–Crippen MR) is 95.8 cm³/mol. The maximum atomic E-state index is 11.3. The molecule has 0 saturated heterocycles. The molecule has 5 nitrogen and oxygen atoms in total. The quantitative estimate of drug-likeness (QED) is 0.711. The number of hydrogen-bond acceptors (Lipinski definition) is 5. The van der Waals surface area contributed by atoms with Crippen molar-refractivity contribution in [3.63, 3.8) is 0 Å². The van der Waals surface area contributed by atoms with Gasteiger partial charge >= 0.3 is 5.97 Å². The van der Waals surface area contributed by atoms with Gasteiger partial charge in [0.1, 0.15) is 9.88 Å². The summed E-state index contributed by atoms with van der Waals surface area (Å²) in [6.07, 6.45) is 8.07. The van der Waals surface area contributed by atoms with Crippen molar-refractivity contribution < 1.29 is 14.3 Å².